The molecule has 1 fully saturated rings. The molecule has 0 unspecified atom stereocenters. The molecular weight excluding hydrogens is 334 g/mol. The lowest BCUT2D eigenvalue weighted by atomic mass is 10.2. The minimum Gasteiger partial charge on any atom is -0.341 e. The topological polar surface area (TPSA) is 53.9 Å². The lowest BCUT2D eigenvalue weighted by molar-refractivity contribution is 0.726. The number of benzene rings is 1. The second-order valence-corrected chi connectivity index (χ2v) is 6.71. The fourth-order valence-corrected chi connectivity index (χ4v) is 3.33. The highest BCUT2D eigenvalue weighted by atomic mass is 35.5. The van der Waals surface area contributed by atoms with E-state index in [0.717, 1.165) is 41.6 Å². The molecule has 0 amide bonds. The molecule has 0 atom stereocenters. The summed E-state index contributed by atoms with van der Waals surface area (Å²) in [6.45, 7) is 2.00. The standard InChI is InChI=1S/C19H20ClN5/c20-14-8-9-16-15(13-14)18(23-17-7-3-4-10-21-17)24-19(22-16)25-11-5-1-2-6-12-25/h3-4,7-10,13H,1-2,5-6,11-12H2,(H,21,22,23,24). The lowest BCUT2D eigenvalue weighted by Crippen LogP contribution is -2.26. The number of hydrogen-bond acceptors (Lipinski definition) is 5. The molecule has 0 saturated carbocycles. The van der Waals surface area contributed by atoms with E-state index in [4.69, 9.17) is 21.6 Å². The zero-order valence-corrected chi connectivity index (χ0v) is 14.7. The van der Waals surface area contributed by atoms with Crippen molar-refractivity contribution in [2.24, 2.45) is 0 Å². The Morgan fingerprint density at radius 2 is 1.80 bits per heavy atom. The fraction of sp³-hybridized carbons (Fsp3) is 0.316. The molecule has 4 rings (SSSR count). The molecule has 0 aliphatic carbocycles. The van der Waals surface area contributed by atoms with Crippen LogP contribution in [0.25, 0.3) is 10.9 Å². The first kappa shape index (κ1) is 16.1. The van der Waals surface area contributed by atoms with Crippen molar-refractivity contribution in [2.45, 2.75) is 25.7 Å². The molecule has 2 aromatic heterocycles. The molecule has 0 spiro atoms. The molecule has 5 nitrogen and oxygen atoms in total. The molecule has 25 heavy (non-hydrogen) atoms. The number of pyridine rings is 1. The first-order valence-electron chi connectivity index (χ1n) is 8.70. The quantitative estimate of drug-likeness (QED) is 0.732. The van der Waals surface area contributed by atoms with Crippen molar-refractivity contribution in [3.63, 3.8) is 0 Å². The molecule has 3 aromatic rings. The van der Waals surface area contributed by atoms with E-state index in [9.17, 15) is 0 Å². The largest absolute Gasteiger partial charge is 0.341 e. The van der Waals surface area contributed by atoms with Gasteiger partial charge >= 0.3 is 0 Å². The summed E-state index contributed by atoms with van der Waals surface area (Å²) in [5, 5.41) is 4.89. The molecule has 0 radical (unpaired) electrons. The third kappa shape index (κ3) is 3.66. The highest BCUT2D eigenvalue weighted by Crippen LogP contribution is 2.29. The predicted molar refractivity (Wildman–Crippen MR) is 103 cm³/mol. The predicted octanol–water partition coefficient (Wildman–Crippen LogP) is 4.80. The lowest BCUT2D eigenvalue weighted by Gasteiger charge is -2.21. The van der Waals surface area contributed by atoms with Crippen molar-refractivity contribution in [2.75, 3.05) is 23.3 Å². The van der Waals surface area contributed by atoms with E-state index in [2.05, 4.69) is 15.2 Å². The number of nitrogens with zero attached hydrogens (tertiary/aromatic N) is 4. The summed E-state index contributed by atoms with van der Waals surface area (Å²) in [5.41, 5.74) is 0.886. The Hall–Kier alpha value is -2.40. The van der Waals surface area contributed by atoms with E-state index in [1.54, 1.807) is 6.20 Å². The summed E-state index contributed by atoms with van der Waals surface area (Å²) in [4.78, 5) is 16.2. The van der Waals surface area contributed by atoms with Crippen LogP contribution >= 0.6 is 11.6 Å². The van der Waals surface area contributed by atoms with E-state index >= 15 is 0 Å². The Bertz CT molecular complexity index is 860. The molecule has 1 aromatic carbocycles. The summed E-state index contributed by atoms with van der Waals surface area (Å²) >= 11 is 6.19. The van der Waals surface area contributed by atoms with Gasteiger partial charge in [-0.15, -0.1) is 0 Å². The Kier molecular flexibility index (Phi) is 4.65. The average molecular weight is 354 g/mol. The molecular formula is C19H20ClN5. The van der Waals surface area contributed by atoms with Crippen molar-refractivity contribution in [3.05, 3.63) is 47.6 Å². The highest BCUT2D eigenvalue weighted by Gasteiger charge is 2.16. The van der Waals surface area contributed by atoms with Crippen LogP contribution in [0.2, 0.25) is 5.02 Å². The van der Waals surface area contributed by atoms with Gasteiger partial charge < -0.3 is 10.2 Å². The smallest absolute Gasteiger partial charge is 0.227 e. The third-order valence-corrected chi connectivity index (χ3v) is 4.68. The van der Waals surface area contributed by atoms with Crippen LogP contribution in [0.4, 0.5) is 17.6 Å². The van der Waals surface area contributed by atoms with Crippen molar-refractivity contribution in [3.8, 4) is 0 Å². The number of anilines is 3. The van der Waals surface area contributed by atoms with Crippen LogP contribution in [0.5, 0.6) is 0 Å². The van der Waals surface area contributed by atoms with Gasteiger partial charge in [0.2, 0.25) is 5.95 Å². The van der Waals surface area contributed by atoms with Gasteiger partial charge in [0.05, 0.1) is 5.52 Å². The van der Waals surface area contributed by atoms with Crippen molar-refractivity contribution < 1.29 is 0 Å². The van der Waals surface area contributed by atoms with Crippen LogP contribution < -0.4 is 10.2 Å². The normalized spacial score (nSPS) is 15.2. The minimum atomic E-state index is 0.669. The van der Waals surface area contributed by atoms with Gasteiger partial charge in [-0.25, -0.2) is 9.97 Å². The van der Waals surface area contributed by atoms with Crippen LogP contribution in [0.15, 0.2) is 42.6 Å². The fourth-order valence-electron chi connectivity index (χ4n) is 3.15. The monoisotopic (exact) mass is 353 g/mol. The number of hydrogen-bond donors (Lipinski definition) is 1. The zero-order valence-electron chi connectivity index (χ0n) is 14.0. The summed E-state index contributed by atoms with van der Waals surface area (Å²) in [6, 6.07) is 11.5. The SMILES string of the molecule is Clc1ccc2nc(N3CCCCCC3)nc(Nc3ccccn3)c2c1. The molecule has 1 aliphatic rings. The van der Waals surface area contributed by atoms with E-state index in [0.29, 0.717) is 5.02 Å². The Morgan fingerprint density at radius 1 is 0.960 bits per heavy atom. The number of aromatic nitrogens is 3. The van der Waals surface area contributed by atoms with E-state index in [1.165, 1.54) is 25.7 Å². The van der Waals surface area contributed by atoms with Gasteiger partial charge in [0.25, 0.3) is 0 Å². The summed E-state index contributed by atoms with van der Waals surface area (Å²) in [5.74, 6) is 2.27. The van der Waals surface area contributed by atoms with Gasteiger partial charge in [-0.3, -0.25) is 0 Å². The van der Waals surface area contributed by atoms with Crippen molar-refractivity contribution in [1.29, 1.82) is 0 Å². The summed E-state index contributed by atoms with van der Waals surface area (Å²) < 4.78 is 0. The van der Waals surface area contributed by atoms with Gasteiger partial charge in [-0.05, 0) is 43.2 Å². The maximum absolute atomic E-state index is 6.19. The van der Waals surface area contributed by atoms with Gasteiger partial charge in [0.1, 0.15) is 11.6 Å². The molecule has 6 heteroatoms. The molecule has 3 heterocycles. The van der Waals surface area contributed by atoms with E-state index < -0.39 is 0 Å². The molecule has 128 valence electrons. The maximum Gasteiger partial charge on any atom is 0.227 e. The van der Waals surface area contributed by atoms with Gasteiger partial charge in [0, 0.05) is 29.7 Å². The van der Waals surface area contributed by atoms with Crippen LogP contribution in [0.1, 0.15) is 25.7 Å². The highest BCUT2D eigenvalue weighted by molar-refractivity contribution is 6.31. The molecule has 0 bridgehead atoms. The number of fused-ring (bicyclic) bond motifs is 1. The van der Waals surface area contributed by atoms with Crippen LogP contribution in [0.3, 0.4) is 0 Å². The number of halogens is 1. The second kappa shape index (κ2) is 7.23. The summed E-state index contributed by atoms with van der Waals surface area (Å²) in [7, 11) is 0. The zero-order chi connectivity index (χ0) is 17.1. The Balaban J connectivity index is 1.78. The van der Waals surface area contributed by atoms with Gasteiger partial charge in [0.15, 0.2) is 0 Å². The van der Waals surface area contributed by atoms with E-state index in [-0.39, 0.29) is 0 Å². The Morgan fingerprint density at radius 3 is 2.56 bits per heavy atom. The van der Waals surface area contributed by atoms with Crippen LogP contribution in [0, 0.1) is 0 Å². The maximum atomic E-state index is 6.19. The van der Waals surface area contributed by atoms with Crippen molar-refractivity contribution in [1.82, 2.24) is 15.0 Å². The first-order valence-corrected chi connectivity index (χ1v) is 9.08. The van der Waals surface area contributed by atoms with Crippen molar-refractivity contribution >= 4 is 40.1 Å². The van der Waals surface area contributed by atoms with Gasteiger partial charge in [-0.1, -0.05) is 30.5 Å². The molecule has 1 aliphatic heterocycles. The number of rotatable bonds is 3. The first-order chi connectivity index (χ1) is 12.3. The van der Waals surface area contributed by atoms with Crippen LogP contribution in [-0.4, -0.2) is 28.0 Å². The second-order valence-electron chi connectivity index (χ2n) is 6.27. The van der Waals surface area contributed by atoms with E-state index in [1.807, 2.05) is 36.4 Å². The third-order valence-electron chi connectivity index (χ3n) is 4.45. The van der Waals surface area contributed by atoms with Gasteiger partial charge in [-0.2, -0.15) is 4.98 Å². The summed E-state index contributed by atoms with van der Waals surface area (Å²) in [6.07, 6.45) is 6.68. The Labute approximate surface area is 152 Å². The minimum absolute atomic E-state index is 0.669. The van der Waals surface area contributed by atoms with Crippen LogP contribution in [-0.2, 0) is 0 Å². The average Bonchev–Trinajstić information content (AvgIpc) is 2.92. The molecule has 1 saturated heterocycles. The number of nitrogens with one attached hydrogen (secondary N) is 1. The molecule has 1 N–H and O–H groups in total.